The number of unbranched alkanes of at least 4 members (excludes halogenated alkanes) is 5. The van der Waals surface area contributed by atoms with Crippen LogP contribution in [-0.4, -0.2) is 48.9 Å². The molecule has 1 aliphatic heterocycles. The quantitative estimate of drug-likeness (QED) is 0.655. The molecular weight excluding hydrogens is 292 g/mol. The molecule has 0 saturated carbocycles. The van der Waals surface area contributed by atoms with Gasteiger partial charge >= 0.3 is 6.09 Å². The molecule has 1 heterocycles. The molecule has 0 radical (unpaired) electrons. The average Bonchev–Trinajstić information content (AvgIpc) is 2.49. The molecular formula is C18H36N2O3. The maximum Gasteiger partial charge on any atom is 0.410 e. The maximum atomic E-state index is 12.0. The number of carbonyl (C=O) groups excluding carboxylic acids is 1. The summed E-state index contributed by atoms with van der Waals surface area (Å²) < 4.78 is 11.3. The monoisotopic (exact) mass is 328 g/mol. The smallest absolute Gasteiger partial charge is 0.410 e. The van der Waals surface area contributed by atoms with Gasteiger partial charge in [-0.05, 0) is 53.0 Å². The van der Waals surface area contributed by atoms with E-state index in [-0.39, 0.29) is 6.09 Å². The zero-order chi connectivity index (χ0) is 17.1. The summed E-state index contributed by atoms with van der Waals surface area (Å²) in [6.07, 6.45) is 9.25. The lowest BCUT2D eigenvalue weighted by Crippen LogP contribution is -2.43. The number of hydrogen-bond donors (Lipinski definition) is 1. The first-order chi connectivity index (χ1) is 10.9. The van der Waals surface area contributed by atoms with E-state index in [1.165, 1.54) is 25.7 Å². The van der Waals surface area contributed by atoms with Crippen LogP contribution in [0.5, 0.6) is 0 Å². The Labute approximate surface area is 141 Å². The second-order valence-electron chi connectivity index (χ2n) is 7.45. The number of ether oxygens (including phenoxy) is 2. The predicted molar refractivity (Wildman–Crippen MR) is 93.5 cm³/mol. The lowest BCUT2D eigenvalue weighted by Gasteiger charge is -2.33. The molecule has 136 valence electrons. The van der Waals surface area contributed by atoms with Crippen molar-refractivity contribution in [3.8, 4) is 0 Å². The van der Waals surface area contributed by atoms with Gasteiger partial charge in [-0.2, -0.15) is 0 Å². The Morgan fingerprint density at radius 1 is 1.04 bits per heavy atom. The first kappa shape index (κ1) is 20.2. The minimum Gasteiger partial charge on any atom is -0.444 e. The SMILES string of the molecule is CC(C)(C)OC(=O)N1CCC(OCCCCCCCCN)CC1. The summed E-state index contributed by atoms with van der Waals surface area (Å²) in [5.41, 5.74) is 5.06. The van der Waals surface area contributed by atoms with Crippen molar-refractivity contribution in [2.24, 2.45) is 5.73 Å². The molecule has 0 bridgehead atoms. The van der Waals surface area contributed by atoms with Gasteiger partial charge in [-0.3, -0.25) is 0 Å². The van der Waals surface area contributed by atoms with E-state index >= 15 is 0 Å². The van der Waals surface area contributed by atoms with Crippen molar-refractivity contribution in [2.45, 2.75) is 83.8 Å². The van der Waals surface area contributed by atoms with Gasteiger partial charge in [0, 0.05) is 19.7 Å². The summed E-state index contributed by atoms with van der Waals surface area (Å²) in [7, 11) is 0. The second kappa shape index (κ2) is 10.9. The number of hydrogen-bond acceptors (Lipinski definition) is 4. The summed E-state index contributed by atoms with van der Waals surface area (Å²) >= 11 is 0. The zero-order valence-corrected chi connectivity index (χ0v) is 15.3. The molecule has 1 aliphatic rings. The minimum absolute atomic E-state index is 0.201. The van der Waals surface area contributed by atoms with Crippen molar-refractivity contribution in [1.29, 1.82) is 0 Å². The van der Waals surface area contributed by atoms with Crippen molar-refractivity contribution in [1.82, 2.24) is 4.90 Å². The van der Waals surface area contributed by atoms with E-state index < -0.39 is 5.60 Å². The Kier molecular flexibility index (Phi) is 9.56. The van der Waals surface area contributed by atoms with Crippen molar-refractivity contribution in [3.05, 3.63) is 0 Å². The third kappa shape index (κ3) is 9.82. The van der Waals surface area contributed by atoms with Crippen LogP contribution >= 0.6 is 0 Å². The van der Waals surface area contributed by atoms with Crippen LogP contribution < -0.4 is 5.73 Å². The molecule has 0 aromatic rings. The lowest BCUT2D eigenvalue weighted by molar-refractivity contribution is -0.0121. The molecule has 1 fully saturated rings. The van der Waals surface area contributed by atoms with Gasteiger partial charge in [0.05, 0.1) is 6.10 Å². The largest absolute Gasteiger partial charge is 0.444 e. The summed E-state index contributed by atoms with van der Waals surface area (Å²) in [6.45, 7) is 8.82. The van der Waals surface area contributed by atoms with Crippen LogP contribution in [0.25, 0.3) is 0 Å². The molecule has 0 spiro atoms. The van der Waals surface area contributed by atoms with E-state index in [1.54, 1.807) is 4.90 Å². The van der Waals surface area contributed by atoms with Gasteiger partial charge in [0.2, 0.25) is 0 Å². The number of rotatable bonds is 9. The highest BCUT2D eigenvalue weighted by molar-refractivity contribution is 5.68. The second-order valence-corrected chi connectivity index (χ2v) is 7.45. The van der Waals surface area contributed by atoms with Crippen molar-refractivity contribution in [3.63, 3.8) is 0 Å². The highest BCUT2D eigenvalue weighted by Gasteiger charge is 2.26. The molecule has 1 rings (SSSR count). The van der Waals surface area contributed by atoms with Crippen LogP contribution in [0.3, 0.4) is 0 Å². The van der Waals surface area contributed by atoms with E-state index in [1.807, 2.05) is 20.8 Å². The Morgan fingerprint density at radius 2 is 1.61 bits per heavy atom. The van der Waals surface area contributed by atoms with Gasteiger partial charge in [0.1, 0.15) is 5.60 Å². The molecule has 23 heavy (non-hydrogen) atoms. The zero-order valence-electron chi connectivity index (χ0n) is 15.3. The Balaban J connectivity index is 2.03. The molecule has 0 aromatic carbocycles. The third-order valence-electron chi connectivity index (χ3n) is 4.05. The molecule has 0 aromatic heterocycles. The van der Waals surface area contributed by atoms with Crippen LogP contribution in [0.2, 0.25) is 0 Å². The Morgan fingerprint density at radius 3 is 2.17 bits per heavy atom. The highest BCUT2D eigenvalue weighted by atomic mass is 16.6. The Bertz CT molecular complexity index is 321. The molecule has 2 N–H and O–H groups in total. The number of amides is 1. The van der Waals surface area contributed by atoms with Gasteiger partial charge in [-0.15, -0.1) is 0 Å². The normalized spacial score (nSPS) is 16.6. The van der Waals surface area contributed by atoms with Gasteiger partial charge in [-0.25, -0.2) is 4.79 Å². The molecule has 0 unspecified atom stereocenters. The molecule has 1 amide bonds. The number of nitrogens with zero attached hydrogens (tertiary/aromatic N) is 1. The van der Waals surface area contributed by atoms with Crippen LogP contribution in [0.1, 0.15) is 72.1 Å². The van der Waals surface area contributed by atoms with Gasteiger partial charge in [0.15, 0.2) is 0 Å². The van der Waals surface area contributed by atoms with E-state index in [4.69, 9.17) is 15.2 Å². The van der Waals surface area contributed by atoms with Gasteiger partial charge in [0.25, 0.3) is 0 Å². The number of likely N-dealkylation sites (tertiary alicyclic amines) is 1. The topological polar surface area (TPSA) is 64.8 Å². The molecule has 5 heteroatoms. The molecule has 1 saturated heterocycles. The standard InChI is InChI=1S/C18H36N2O3/c1-18(2,3)23-17(21)20-13-10-16(11-14-20)22-15-9-7-5-4-6-8-12-19/h16H,4-15,19H2,1-3H3. The van der Waals surface area contributed by atoms with Gasteiger partial charge in [-0.1, -0.05) is 25.7 Å². The van der Waals surface area contributed by atoms with Crippen molar-refractivity contribution < 1.29 is 14.3 Å². The summed E-state index contributed by atoms with van der Waals surface area (Å²) in [5.74, 6) is 0. The fraction of sp³-hybridized carbons (Fsp3) is 0.944. The maximum absolute atomic E-state index is 12.0. The van der Waals surface area contributed by atoms with Gasteiger partial charge < -0.3 is 20.1 Å². The molecule has 0 aliphatic carbocycles. The highest BCUT2D eigenvalue weighted by Crippen LogP contribution is 2.17. The van der Waals surface area contributed by atoms with Crippen LogP contribution in [0.4, 0.5) is 4.79 Å². The first-order valence-corrected chi connectivity index (χ1v) is 9.22. The number of piperidine rings is 1. The van der Waals surface area contributed by atoms with Crippen molar-refractivity contribution >= 4 is 6.09 Å². The summed E-state index contributed by atoms with van der Waals surface area (Å²) in [5, 5.41) is 0. The summed E-state index contributed by atoms with van der Waals surface area (Å²) in [4.78, 5) is 13.8. The van der Waals surface area contributed by atoms with E-state index in [9.17, 15) is 4.79 Å². The fourth-order valence-corrected chi connectivity index (χ4v) is 2.74. The van der Waals surface area contributed by atoms with E-state index in [0.717, 1.165) is 51.9 Å². The van der Waals surface area contributed by atoms with E-state index in [0.29, 0.717) is 6.10 Å². The third-order valence-corrected chi connectivity index (χ3v) is 4.05. The van der Waals surface area contributed by atoms with Crippen molar-refractivity contribution in [2.75, 3.05) is 26.2 Å². The Hall–Kier alpha value is -0.810. The lowest BCUT2D eigenvalue weighted by atomic mass is 10.1. The van der Waals surface area contributed by atoms with Crippen LogP contribution in [0, 0.1) is 0 Å². The van der Waals surface area contributed by atoms with E-state index in [2.05, 4.69) is 0 Å². The average molecular weight is 328 g/mol. The molecule has 0 atom stereocenters. The van der Waals surface area contributed by atoms with Crippen LogP contribution in [-0.2, 0) is 9.47 Å². The first-order valence-electron chi connectivity index (χ1n) is 9.22. The minimum atomic E-state index is -0.422. The summed E-state index contributed by atoms with van der Waals surface area (Å²) in [6, 6.07) is 0. The molecule has 5 nitrogen and oxygen atoms in total. The number of carbonyl (C=O) groups is 1. The van der Waals surface area contributed by atoms with Crippen LogP contribution in [0.15, 0.2) is 0 Å². The number of nitrogens with two attached hydrogens (primary N) is 1. The fourth-order valence-electron chi connectivity index (χ4n) is 2.74. The predicted octanol–water partition coefficient (Wildman–Crippen LogP) is 3.70.